The van der Waals surface area contributed by atoms with Gasteiger partial charge in [0, 0.05) is 32.2 Å². The molecule has 3 fully saturated rings. The van der Waals surface area contributed by atoms with Gasteiger partial charge in [-0.2, -0.15) is 28.2 Å². The van der Waals surface area contributed by atoms with Crippen LogP contribution in [0, 0.1) is 0 Å². The number of hydrogen-bond acceptors (Lipinski definition) is 8. The molecule has 6 rings (SSSR count). The first-order valence-electron chi connectivity index (χ1n) is 12.2. The van der Waals surface area contributed by atoms with E-state index >= 15 is 0 Å². The number of ether oxygens (including phenoxy) is 1. The third-order valence-corrected chi connectivity index (χ3v) is 7.41. The van der Waals surface area contributed by atoms with E-state index in [0.717, 1.165) is 51.5 Å². The van der Waals surface area contributed by atoms with Crippen LogP contribution in [0.3, 0.4) is 0 Å². The van der Waals surface area contributed by atoms with Crippen LogP contribution in [0.2, 0.25) is 0 Å². The van der Waals surface area contributed by atoms with E-state index in [9.17, 15) is 18.3 Å². The second kappa shape index (κ2) is 8.56. The fraction of sp³-hybridized carbons (Fsp3) is 0.542. The Balaban J connectivity index is 1.36. The van der Waals surface area contributed by atoms with E-state index in [0.29, 0.717) is 35.6 Å². The van der Waals surface area contributed by atoms with E-state index in [4.69, 9.17) is 9.72 Å². The van der Waals surface area contributed by atoms with Crippen molar-refractivity contribution in [2.75, 3.05) is 49.6 Å². The zero-order chi connectivity index (χ0) is 25.1. The second-order valence-electron chi connectivity index (χ2n) is 10.1. The van der Waals surface area contributed by atoms with Crippen LogP contribution in [0.15, 0.2) is 30.5 Å². The van der Waals surface area contributed by atoms with Crippen molar-refractivity contribution < 1.29 is 23.0 Å². The maximum absolute atomic E-state index is 13.4. The molecular weight excluding hydrogens is 475 g/mol. The molecule has 2 N–H and O–H groups in total. The molecule has 4 heterocycles. The highest BCUT2D eigenvalue weighted by molar-refractivity contribution is 5.89. The topological polar surface area (TPSA) is 91.6 Å². The number of nitrogens with one attached hydrogen (secondary N) is 1. The third-order valence-electron chi connectivity index (χ3n) is 7.41. The normalized spacial score (nSPS) is 24.4. The lowest BCUT2D eigenvalue weighted by molar-refractivity contribution is -0.137. The average Bonchev–Trinajstić information content (AvgIpc) is 3.25. The van der Waals surface area contributed by atoms with E-state index in [2.05, 4.69) is 32.1 Å². The Morgan fingerprint density at radius 2 is 1.89 bits per heavy atom. The zero-order valence-corrected chi connectivity index (χ0v) is 19.9. The maximum Gasteiger partial charge on any atom is 0.416 e. The van der Waals surface area contributed by atoms with Gasteiger partial charge in [-0.1, -0.05) is 6.07 Å². The number of aliphatic hydroxyl groups is 1. The monoisotopic (exact) mass is 503 g/mol. The lowest BCUT2D eigenvalue weighted by atomic mass is 9.89. The molecule has 36 heavy (non-hydrogen) atoms. The van der Waals surface area contributed by atoms with Crippen molar-refractivity contribution in [1.29, 1.82) is 0 Å². The molecule has 3 aromatic rings. The van der Waals surface area contributed by atoms with Gasteiger partial charge in [0.15, 0.2) is 5.65 Å². The van der Waals surface area contributed by atoms with Crippen LogP contribution in [0.25, 0.3) is 16.7 Å². The Morgan fingerprint density at radius 1 is 1.14 bits per heavy atom. The van der Waals surface area contributed by atoms with Crippen LogP contribution < -0.4 is 10.2 Å². The number of benzene rings is 1. The fourth-order valence-corrected chi connectivity index (χ4v) is 5.32. The SMILES string of the molecule is CC1(N2CCOCC2)CN(c2nc(N[C@H]3C[C@@H](O)C3)nc3c2cnn3-c2cccc(C(F)(F)F)c2)C1. The average molecular weight is 504 g/mol. The summed E-state index contributed by atoms with van der Waals surface area (Å²) in [4.78, 5) is 14.0. The number of nitrogens with zero attached hydrogens (tertiary/aromatic N) is 6. The number of fused-ring (bicyclic) bond motifs is 1. The predicted octanol–water partition coefficient (Wildman–Crippen LogP) is 2.68. The van der Waals surface area contributed by atoms with Crippen molar-refractivity contribution in [1.82, 2.24) is 24.6 Å². The highest BCUT2D eigenvalue weighted by atomic mass is 19.4. The minimum absolute atomic E-state index is 0.0102. The van der Waals surface area contributed by atoms with Crippen molar-refractivity contribution >= 4 is 22.8 Å². The van der Waals surface area contributed by atoms with Gasteiger partial charge in [-0.25, -0.2) is 4.68 Å². The molecule has 0 bridgehead atoms. The van der Waals surface area contributed by atoms with Crippen molar-refractivity contribution in [2.24, 2.45) is 0 Å². The molecule has 2 aliphatic heterocycles. The molecule has 0 atom stereocenters. The number of alkyl halides is 3. The van der Waals surface area contributed by atoms with Crippen molar-refractivity contribution in [2.45, 2.75) is 43.6 Å². The minimum atomic E-state index is -4.46. The van der Waals surface area contributed by atoms with Crippen LogP contribution in [-0.4, -0.2) is 86.8 Å². The van der Waals surface area contributed by atoms with Crippen molar-refractivity contribution in [3.63, 3.8) is 0 Å². The molecule has 9 nitrogen and oxygen atoms in total. The summed E-state index contributed by atoms with van der Waals surface area (Å²) in [5.41, 5.74) is -0.0503. The highest BCUT2D eigenvalue weighted by Gasteiger charge is 2.45. The van der Waals surface area contributed by atoms with Crippen LogP contribution in [0.5, 0.6) is 0 Å². The van der Waals surface area contributed by atoms with Gasteiger partial charge in [0.2, 0.25) is 5.95 Å². The van der Waals surface area contributed by atoms with Gasteiger partial charge in [0.25, 0.3) is 0 Å². The summed E-state index contributed by atoms with van der Waals surface area (Å²) in [6.45, 7) is 6.96. The summed E-state index contributed by atoms with van der Waals surface area (Å²) in [7, 11) is 0. The number of halogens is 3. The predicted molar refractivity (Wildman–Crippen MR) is 127 cm³/mol. The lowest BCUT2D eigenvalue weighted by Crippen LogP contribution is -2.70. The second-order valence-corrected chi connectivity index (χ2v) is 10.1. The van der Waals surface area contributed by atoms with Crippen LogP contribution in [0.4, 0.5) is 24.9 Å². The van der Waals surface area contributed by atoms with E-state index < -0.39 is 11.7 Å². The Bertz CT molecular complexity index is 1260. The number of anilines is 2. The smallest absolute Gasteiger partial charge is 0.393 e. The summed E-state index contributed by atoms with van der Waals surface area (Å²) in [6, 6.07) is 5.11. The van der Waals surface area contributed by atoms with E-state index in [1.54, 1.807) is 12.3 Å². The molecular formula is C24H28F3N7O2. The zero-order valence-electron chi connectivity index (χ0n) is 19.9. The number of aliphatic hydroxyl groups excluding tert-OH is 1. The lowest BCUT2D eigenvalue weighted by Gasteiger charge is -2.55. The number of aromatic nitrogens is 4. The van der Waals surface area contributed by atoms with Gasteiger partial charge >= 0.3 is 6.18 Å². The molecule has 192 valence electrons. The Kier molecular flexibility index (Phi) is 5.58. The third kappa shape index (κ3) is 4.16. The van der Waals surface area contributed by atoms with Crippen LogP contribution in [0.1, 0.15) is 25.3 Å². The van der Waals surface area contributed by atoms with Gasteiger partial charge in [-0.05, 0) is 38.0 Å². The number of rotatable bonds is 5. The van der Waals surface area contributed by atoms with Crippen molar-refractivity contribution in [3.8, 4) is 5.69 Å². The Labute approximate surface area is 205 Å². The first-order chi connectivity index (χ1) is 17.2. The molecule has 0 amide bonds. The van der Waals surface area contributed by atoms with Crippen LogP contribution >= 0.6 is 0 Å². The van der Waals surface area contributed by atoms with Gasteiger partial charge in [0.05, 0.1) is 47.7 Å². The van der Waals surface area contributed by atoms with Gasteiger partial charge in [0.1, 0.15) is 5.82 Å². The van der Waals surface area contributed by atoms with Gasteiger partial charge in [-0.15, -0.1) is 0 Å². The molecule has 0 unspecified atom stereocenters. The molecule has 0 radical (unpaired) electrons. The fourth-order valence-electron chi connectivity index (χ4n) is 5.32. The van der Waals surface area contributed by atoms with Crippen LogP contribution in [-0.2, 0) is 10.9 Å². The van der Waals surface area contributed by atoms with E-state index in [1.165, 1.54) is 10.7 Å². The molecule has 1 aliphatic carbocycles. The molecule has 1 aromatic carbocycles. The largest absolute Gasteiger partial charge is 0.416 e. The molecule has 2 saturated heterocycles. The Morgan fingerprint density at radius 3 is 2.58 bits per heavy atom. The minimum Gasteiger partial charge on any atom is -0.393 e. The van der Waals surface area contributed by atoms with Gasteiger partial charge < -0.3 is 20.1 Å². The first kappa shape index (κ1) is 23.4. The molecule has 0 spiro atoms. The molecule has 2 aromatic heterocycles. The Hall–Kier alpha value is -2.96. The van der Waals surface area contributed by atoms with Crippen molar-refractivity contribution in [3.05, 3.63) is 36.0 Å². The van der Waals surface area contributed by atoms with E-state index in [1.807, 2.05) is 0 Å². The summed E-state index contributed by atoms with van der Waals surface area (Å²) >= 11 is 0. The summed E-state index contributed by atoms with van der Waals surface area (Å²) in [5, 5.41) is 18.0. The number of morpholine rings is 1. The number of hydrogen-bond donors (Lipinski definition) is 2. The summed E-state index contributed by atoms with van der Waals surface area (Å²) in [6.07, 6.45) is -1.99. The summed E-state index contributed by atoms with van der Waals surface area (Å²) < 4.78 is 47.0. The first-order valence-corrected chi connectivity index (χ1v) is 12.2. The quantitative estimate of drug-likeness (QED) is 0.549. The molecule has 3 aliphatic rings. The molecule has 1 saturated carbocycles. The van der Waals surface area contributed by atoms with Gasteiger partial charge in [-0.3, -0.25) is 4.90 Å². The summed E-state index contributed by atoms with van der Waals surface area (Å²) in [5.74, 6) is 1.08. The highest BCUT2D eigenvalue weighted by Crippen LogP contribution is 2.37. The molecule has 12 heteroatoms. The maximum atomic E-state index is 13.4. The standard InChI is InChI=1S/C24H28F3N7O2/c1-23(33-5-7-36-8-6-33)13-32(14-23)20-19-12-28-34(17-4-2-3-15(9-17)24(25,26)27)21(19)31-22(30-20)29-16-10-18(35)11-16/h2-4,9,12,16,18,35H,5-8,10-11,13-14H2,1H3,(H,29,30,31)/t16-,18+. The van der Waals surface area contributed by atoms with E-state index in [-0.39, 0.29) is 23.4 Å².